The van der Waals surface area contributed by atoms with Crippen molar-refractivity contribution in [1.82, 2.24) is 15.1 Å². The van der Waals surface area contributed by atoms with Crippen molar-refractivity contribution in [1.29, 1.82) is 0 Å². The average molecular weight is 590 g/mol. The van der Waals surface area contributed by atoms with E-state index in [1.54, 1.807) is 55.4 Å². The maximum absolute atomic E-state index is 13.8. The molecule has 1 fully saturated rings. The Labute approximate surface area is 253 Å². The van der Waals surface area contributed by atoms with E-state index in [0.717, 1.165) is 16.7 Å². The number of nitrogens with one attached hydrogen (secondary N) is 1. The van der Waals surface area contributed by atoms with Crippen LogP contribution in [0.1, 0.15) is 60.4 Å². The van der Waals surface area contributed by atoms with Gasteiger partial charge >= 0.3 is 0 Å². The van der Waals surface area contributed by atoms with Gasteiger partial charge in [-0.25, -0.2) is 0 Å². The number of amides is 3. The normalized spacial score (nSPS) is 18.8. The first kappa shape index (κ1) is 31.3. The highest BCUT2D eigenvalue weighted by Gasteiger charge is 2.50. The fraction of sp³-hybridized carbons (Fsp3) is 0.382. The molecule has 0 saturated carbocycles. The van der Waals surface area contributed by atoms with Gasteiger partial charge in [0.15, 0.2) is 0 Å². The summed E-state index contributed by atoms with van der Waals surface area (Å²) in [7, 11) is 3.41. The second kappa shape index (κ2) is 12.3. The Balaban J connectivity index is 1.51. The van der Waals surface area contributed by atoms with Crippen LogP contribution in [-0.2, 0) is 10.4 Å². The molecule has 0 aliphatic carbocycles. The van der Waals surface area contributed by atoms with Crippen molar-refractivity contribution in [2.75, 3.05) is 27.2 Å². The van der Waals surface area contributed by atoms with Crippen molar-refractivity contribution in [3.63, 3.8) is 0 Å². The van der Waals surface area contributed by atoms with Crippen LogP contribution in [0.5, 0.6) is 0 Å². The van der Waals surface area contributed by atoms with E-state index >= 15 is 0 Å². The quantitative estimate of drug-likeness (QED) is 0.375. The lowest BCUT2D eigenvalue weighted by molar-refractivity contribution is -0.155. The number of carbonyl (C=O) groups is 3. The van der Waals surface area contributed by atoms with Crippen LogP contribution in [0.3, 0.4) is 0 Å². The molecular weight excluding hydrogens is 550 g/mol. The summed E-state index contributed by atoms with van der Waals surface area (Å²) in [6.45, 7) is 8.42. The molecule has 222 valence electrons. The number of hydrogen-bond donors (Lipinski definition) is 2. The standard InChI is InChI=1S/C34H40ClN3O4/c1-22(2)29(32(41)38-18-17-34(42,33(3,4)21-38)27-13-15-28(35)16-14-27)36-30(39)25-11-7-9-23(19-25)24-10-8-12-26(20-24)31(40)37(5)6/h7-16,19-20,22,29,42H,17-18,21H2,1-6H3,(H,36,39)/t29-,34+/m1/s1. The van der Waals surface area contributed by atoms with Crippen molar-refractivity contribution >= 4 is 29.3 Å². The molecule has 0 unspecified atom stereocenters. The Kier molecular flexibility index (Phi) is 9.14. The maximum Gasteiger partial charge on any atom is 0.253 e. The molecule has 0 bridgehead atoms. The van der Waals surface area contributed by atoms with E-state index in [1.165, 1.54) is 4.90 Å². The fourth-order valence-electron chi connectivity index (χ4n) is 5.64. The molecule has 42 heavy (non-hydrogen) atoms. The topological polar surface area (TPSA) is 90.0 Å². The highest BCUT2D eigenvalue weighted by molar-refractivity contribution is 6.30. The van der Waals surface area contributed by atoms with Crippen LogP contribution < -0.4 is 5.32 Å². The summed E-state index contributed by atoms with van der Waals surface area (Å²) in [5.41, 5.74) is 1.60. The number of halogens is 1. The summed E-state index contributed by atoms with van der Waals surface area (Å²) in [6, 6.07) is 20.9. The predicted molar refractivity (Wildman–Crippen MR) is 166 cm³/mol. The zero-order valence-electron chi connectivity index (χ0n) is 25.1. The van der Waals surface area contributed by atoms with Gasteiger partial charge in [0.2, 0.25) is 5.91 Å². The average Bonchev–Trinajstić information content (AvgIpc) is 2.96. The fourth-order valence-corrected chi connectivity index (χ4v) is 5.76. The minimum absolute atomic E-state index is 0.100. The smallest absolute Gasteiger partial charge is 0.253 e. The van der Waals surface area contributed by atoms with Crippen molar-refractivity contribution in [2.24, 2.45) is 11.3 Å². The summed E-state index contributed by atoms with van der Waals surface area (Å²) < 4.78 is 0. The monoisotopic (exact) mass is 589 g/mol. The van der Waals surface area contributed by atoms with Gasteiger partial charge in [-0.2, -0.15) is 0 Å². The van der Waals surface area contributed by atoms with Gasteiger partial charge in [0.1, 0.15) is 6.04 Å². The summed E-state index contributed by atoms with van der Waals surface area (Å²) in [4.78, 5) is 43.0. The van der Waals surface area contributed by atoms with E-state index in [1.807, 2.05) is 64.1 Å². The van der Waals surface area contributed by atoms with Gasteiger partial charge in [0.05, 0.1) is 5.60 Å². The number of piperidine rings is 1. The van der Waals surface area contributed by atoms with Crippen LogP contribution in [-0.4, -0.2) is 65.9 Å². The third kappa shape index (κ3) is 6.37. The van der Waals surface area contributed by atoms with Gasteiger partial charge in [0.25, 0.3) is 11.8 Å². The molecule has 2 N–H and O–H groups in total. The van der Waals surface area contributed by atoms with Crippen molar-refractivity contribution in [3.05, 3.63) is 94.5 Å². The first-order valence-corrected chi connectivity index (χ1v) is 14.6. The first-order chi connectivity index (χ1) is 19.7. The zero-order chi connectivity index (χ0) is 30.8. The van der Waals surface area contributed by atoms with E-state index in [2.05, 4.69) is 5.32 Å². The molecule has 7 nitrogen and oxygen atoms in total. The van der Waals surface area contributed by atoms with Crippen LogP contribution in [0.15, 0.2) is 72.8 Å². The van der Waals surface area contributed by atoms with E-state index in [4.69, 9.17) is 11.6 Å². The minimum Gasteiger partial charge on any atom is -0.384 e. The van der Waals surface area contributed by atoms with E-state index in [0.29, 0.717) is 35.7 Å². The van der Waals surface area contributed by atoms with E-state index in [-0.39, 0.29) is 23.6 Å². The van der Waals surface area contributed by atoms with Gasteiger partial charge < -0.3 is 20.2 Å². The van der Waals surface area contributed by atoms with Gasteiger partial charge in [-0.15, -0.1) is 0 Å². The Hall–Kier alpha value is -3.68. The van der Waals surface area contributed by atoms with E-state index < -0.39 is 17.1 Å². The Morgan fingerprint density at radius 1 is 0.929 bits per heavy atom. The zero-order valence-corrected chi connectivity index (χ0v) is 25.9. The Bertz CT molecular complexity index is 1470. The number of likely N-dealkylation sites (tertiary alicyclic amines) is 1. The molecule has 2 atom stereocenters. The van der Waals surface area contributed by atoms with Gasteiger partial charge in [-0.05, 0) is 65.4 Å². The molecule has 1 heterocycles. The lowest BCUT2D eigenvalue weighted by Gasteiger charge is -2.51. The number of aliphatic hydroxyl groups is 1. The van der Waals surface area contributed by atoms with Gasteiger partial charge in [0, 0.05) is 48.7 Å². The van der Waals surface area contributed by atoms with Crippen LogP contribution >= 0.6 is 11.6 Å². The molecule has 8 heteroatoms. The lowest BCUT2D eigenvalue weighted by Crippen LogP contribution is -2.60. The molecule has 1 saturated heterocycles. The molecule has 1 aliphatic rings. The first-order valence-electron chi connectivity index (χ1n) is 14.2. The second-order valence-electron chi connectivity index (χ2n) is 12.3. The third-order valence-electron chi connectivity index (χ3n) is 8.28. The van der Waals surface area contributed by atoms with Crippen LogP contribution in [0, 0.1) is 11.3 Å². The number of hydrogen-bond acceptors (Lipinski definition) is 4. The van der Waals surface area contributed by atoms with Gasteiger partial charge in [-0.3, -0.25) is 14.4 Å². The summed E-state index contributed by atoms with van der Waals surface area (Å²) in [5.74, 6) is -0.774. The number of carbonyl (C=O) groups excluding carboxylic acids is 3. The molecular formula is C34H40ClN3O4. The molecule has 4 rings (SSSR count). The van der Waals surface area contributed by atoms with Crippen LogP contribution in [0.2, 0.25) is 5.02 Å². The van der Waals surface area contributed by atoms with Gasteiger partial charge in [-0.1, -0.05) is 75.7 Å². The minimum atomic E-state index is -1.13. The third-order valence-corrected chi connectivity index (χ3v) is 8.53. The maximum atomic E-state index is 13.8. The SMILES string of the molecule is CC(C)[C@@H](NC(=O)c1cccc(-c2cccc(C(=O)N(C)C)c2)c1)C(=O)N1CC[C@](O)(c2ccc(Cl)cc2)C(C)(C)C1. The Morgan fingerprint density at radius 2 is 1.50 bits per heavy atom. The summed E-state index contributed by atoms with van der Waals surface area (Å²) >= 11 is 6.07. The molecule has 3 aromatic rings. The molecule has 0 radical (unpaired) electrons. The lowest BCUT2D eigenvalue weighted by atomic mass is 9.66. The molecule has 3 amide bonds. The summed E-state index contributed by atoms with van der Waals surface area (Å²) in [6.07, 6.45) is 0.365. The summed E-state index contributed by atoms with van der Waals surface area (Å²) in [5, 5.41) is 15.3. The highest BCUT2D eigenvalue weighted by atomic mass is 35.5. The molecule has 3 aromatic carbocycles. The highest BCUT2D eigenvalue weighted by Crippen LogP contribution is 2.46. The number of benzene rings is 3. The van der Waals surface area contributed by atoms with Crippen molar-refractivity contribution < 1.29 is 19.5 Å². The van der Waals surface area contributed by atoms with Crippen molar-refractivity contribution in [2.45, 2.75) is 45.8 Å². The van der Waals surface area contributed by atoms with Crippen LogP contribution in [0.25, 0.3) is 11.1 Å². The molecule has 0 spiro atoms. The van der Waals surface area contributed by atoms with Crippen molar-refractivity contribution in [3.8, 4) is 11.1 Å². The van der Waals surface area contributed by atoms with E-state index in [9.17, 15) is 19.5 Å². The number of rotatable bonds is 7. The van der Waals surface area contributed by atoms with Crippen LogP contribution in [0.4, 0.5) is 0 Å². The second-order valence-corrected chi connectivity index (χ2v) is 12.8. The predicted octanol–water partition coefficient (Wildman–Crippen LogP) is 5.61. The number of nitrogens with zero attached hydrogens (tertiary/aromatic N) is 2. The molecule has 0 aromatic heterocycles. The molecule has 1 aliphatic heterocycles. The Morgan fingerprint density at radius 3 is 2.05 bits per heavy atom. The largest absolute Gasteiger partial charge is 0.384 e.